The summed E-state index contributed by atoms with van der Waals surface area (Å²) < 4.78 is 10.6. The molecule has 0 fully saturated rings. The van der Waals surface area contributed by atoms with Crippen molar-refractivity contribution in [1.82, 2.24) is 0 Å². The zero-order chi connectivity index (χ0) is 36.1. The predicted molar refractivity (Wildman–Crippen MR) is 215 cm³/mol. The van der Waals surface area contributed by atoms with Crippen LogP contribution in [0, 0.1) is 0 Å². The lowest BCUT2D eigenvalue weighted by Gasteiger charge is -2.05. The van der Waals surface area contributed by atoms with E-state index in [1.165, 1.54) is 199 Å². The van der Waals surface area contributed by atoms with Gasteiger partial charge in [0.25, 0.3) is 0 Å². The van der Waals surface area contributed by atoms with E-state index in [1.54, 1.807) is 0 Å². The van der Waals surface area contributed by atoms with E-state index < -0.39 is 0 Å². The normalized spacial score (nSPS) is 10.9. The number of rotatable bonds is 39. The minimum absolute atomic E-state index is 0.00794. The molecule has 0 aliphatic carbocycles. The Hall–Kier alpha value is -1.06. The fourth-order valence-electron chi connectivity index (χ4n) is 6.33. The summed E-state index contributed by atoms with van der Waals surface area (Å²) in [4.78, 5) is 23.1. The van der Waals surface area contributed by atoms with Crippen LogP contribution in [0.5, 0.6) is 0 Å². The van der Waals surface area contributed by atoms with Gasteiger partial charge >= 0.3 is 11.9 Å². The summed E-state index contributed by atoms with van der Waals surface area (Å²) in [6.07, 6.45) is 46.8. The molecule has 0 aromatic rings. The summed E-state index contributed by atoms with van der Waals surface area (Å²) in [5.41, 5.74) is 0. The van der Waals surface area contributed by atoms with Crippen molar-refractivity contribution in [3.8, 4) is 0 Å². The first-order chi connectivity index (χ1) is 24.1. The average molecular weight is 695 g/mol. The van der Waals surface area contributed by atoms with Crippen molar-refractivity contribution in [1.29, 1.82) is 0 Å². The van der Waals surface area contributed by atoms with Crippen LogP contribution in [0.3, 0.4) is 0 Å². The minimum atomic E-state index is 0.00794. The molecule has 0 amide bonds. The first-order valence-electron chi connectivity index (χ1n) is 22.4. The van der Waals surface area contributed by atoms with Crippen LogP contribution in [0.15, 0.2) is 0 Å². The van der Waals surface area contributed by atoms with Crippen LogP contribution in [0.4, 0.5) is 0 Å². The maximum absolute atomic E-state index is 11.6. The number of carbonyl (C=O) groups is 2. The molecule has 0 rings (SSSR count). The quantitative estimate of drug-likeness (QED) is 0.0475. The predicted octanol–water partition coefficient (Wildman–Crippen LogP) is 15.6. The van der Waals surface area contributed by atoms with Crippen molar-refractivity contribution in [3.05, 3.63) is 0 Å². The molecule has 294 valence electrons. The van der Waals surface area contributed by atoms with Gasteiger partial charge in [0.15, 0.2) is 0 Å². The molecule has 4 nitrogen and oxygen atoms in total. The molecule has 0 aromatic heterocycles. The molecule has 0 atom stereocenters. The number of unbranched alkanes of at least 4 members (excludes halogenated alkanes) is 31. The third-order valence-electron chi connectivity index (χ3n) is 9.74. The van der Waals surface area contributed by atoms with Crippen LogP contribution < -0.4 is 0 Å². The molecule has 0 saturated carbocycles. The number of esters is 2. The molecule has 4 heteroatoms. The Bertz CT molecular complexity index is 619. The van der Waals surface area contributed by atoms with E-state index in [0.717, 1.165) is 25.7 Å². The highest BCUT2D eigenvalue weighted by atomic mass is 16.5. The first kappa shape index (κ1) is 50.0. The summed E-state index contributed by atoms with van der Waals surface area (Å²) in [7, 11) is 0. The number of hydrogen-bond donors (Lipinski definition) is 0. The van der Waals surface area contributed by atoms with Gasteiger partial charge in [0.2, 0.25) is 0 Å². The summed E-state index contributed by atoms with van der Waals surface area (Å²) >= 11 is 0. The summed E-state index contributed by atoms with van der Waals surface area (Å²) in [6.45, 7) is 10.2. The molecule has 0 aromatic carbocycles. The van der Waals surface area contributed by atoms with E-state index in [-0.39, 0.29) is 11.9 Å². The van der Waals surface area contributed by atoms with Crippen molar-refractivity contribution in [2.24, 2.45) is 0 Å². The van der Waals surface area contributed by atoms with E-state index in [2.05, 4.69) is 27.7 Å². The van der Waals surface area contributed by atoms with Gasteiger partial charge in [0, 0.05) is 12.8 Å². The second-order valence-electron chi connectivity index (χ2n) is 14.9. The fourth-order valence-corrected chi connectivity index (χ4v) is 6.33. The van der Waals surface area contributed by atoms with Crippen LogP contribution in [0.1, 0.15) is 265 Å². The molecule has 0 aliphatic heterocycles. The lowest BCUT2D eigenvalue weighted by molar-refractivity contribution is -0.144. The van der Waals surface area contributed by atoms with Gasteiger partial charge < -0.3 is 9.47 Å². The molecule has 49 heavy (non-hydrogen) atoms. The molecule has 0 saturated heterocycles. The van der Waals surface area contributed by atoms with Crippen LogP contribution in [0.2, 0.25) is 0 Å². The third kappa shape index (κ3) is 49.1. The van der Waals surface area contributed by atoms with Crippen molar-refractivity contribution in [2.45, 2.75) is 265 Å². The molecule has 0 aliphatic rings. The Morgan fingerprint density at radius 1 is 0.265 bits per heavy atom. The van der Waals surface area contributed by atoms with E-state index in [0.29, 0.717) is 26.1 Å². The summed E-state index contributed by atoms with van der Waals surface area (Å²) in [5, 5.41) is 0. The fraction of sp³-hybridized carbons (Fsp3) is 0.956. The van der Waals surface area contributed by atoms with Crippen LogP contribution in [-0.4, -0.2) is 25.2 Å². The lowest BCUT2D eigenvalue weighted by Crippen LogP contribution is -2.05. The number of carbonyl (C=O) groups excluding carboxylic acids is 2. The molecule has 0 radical (unpaired) electrons. The molecule has 0 spiro atoms. The summed E-state index contributed by atoms with van der Waals surface area (Å²) in [6, 6.07) is 0. The number of ether oxygens (including phenoxy) is 2. The SMILES string of the molecule is CCCCCCCCCCCCCCCCOC(=O)CCCCCCC.CCCCCCCCCCCCCOC(=O)CCCCCCC. The zero-order valence-electron chi connectivity index (χ0n) is 34.2. The van der Waals surface area contributed by atoms with Crippen LogP contribution >= 0.6 is 0 Å². The van der Waals surface area contributed by atoms with Gasteiger partial charge in [0.1, 0.15) is 0 Å². The van der Waals surface area contributed by atoms with Gasteiger partial charge in [-0.1, -0.05) is 227 Å². The second kappa shape index (κ2) is 46.9. The molecular formula is C45H90O4. The largest absolute Gasteiger partial charge is 0.466 e. The Balaban J connectivity index is 0. The van der Waals surface area contributed by atoms with Gasteiger partial charge in [-0.15, -0.1) is 0 Å². The highest BCUT2D eigenvalue weighted by Crippen LogP contribution is 2.14. The molecular weight excluding hydrogens is 604 g/mol. The van der Waals surface area contributed by atoms with Crippen molar-refractivity contribution in [3.63, 3.8) is 0 Å². The zero-order valence-corrected chi connectivity index (χ0v) is 34.2. The van der Waals surface area contributed by atoms with E-state index in [4.69, 9.17) is 9.47 Å². The molecule has 0 unspecified atom stereocenters. The Morgan fingerprint density at radius 3 is 0.673 bits per heavy atom. The van der Waals surface area contributed by atoms with Crippen molar-refractivity contribution in [2.75, 3.05) is 13.2 Å². The summed E-state index contributed by atoms with van der Waals surface area (Å²) in [5.74, 6) is 0.0183. The smallest absolute Gasteiger partial charge is 0.305 e. The van der Waals surface area contributed by atoms with Crippen molar-refractivity contribution < 1.29 is 19.1 Å². The molecule has 0 bridgehead atoms. The van der Waals surface area contributed by atoms with E-state index in [1.807, 2.05) is 0 Å². The monoisotopic (exact) mass is 695 g/mol. The molecule has 0 heterocycles. The van der Waals surface area contributed by atoms with Gasteiger partial charge in [0.05, 0.1) is 13.2 Å². The van der Waals surface area contributed by atoms with Crippen molar-refractivity contribution >= 4 is 11.9 Å². The Morgan fingerprint density at radius 2 is 0.449 bits per heavy atom. The maximum Gasteiger partial charge on any atom is 0.305 e. The third-order valence-corrected chi connectivity index (χ3v) is 9.74. The Kier molecular flexibility index (Phi) is 47.9. The van der Waals surface area contributed by atoms with Gasteiger partial charge in [-0.05, 0) is 25.7 Å². The highest BCUT2D eigenvalue weighted by Gasteiger charge is 2.03. The Labute approximate surface area is 308 Å². The average Bonchev–Trinajstić information content (AvgIpc) is 3.10. The molecule has 0 N–H and O–H groups in total. The highest BCUT2D eigenvalue weighted by molar-refractivity contribution is 5.69. The van der Waals surface area contributed by atoms with Gasteiger partial charge in [-0.2, -0.15) is 0 Å². The topological polar surface area (TPSA) is 52.6 Å². The number of hydrogen-bond acceptors (Lipinski definition) is 4. The standard InChI is InChI=1S/C24H48O2.C21H42O2/c1-3-5-7-9-10-11-12-13-14-15-16-17-19-21-23-26-24(25)22-20-18-8-6-4-2;1-3-5-7-9-10-11-12-13-14-16-18-20-23-21(22)19-17-15-8-6-4-2/h3-23H2,1-2H3;3-20H2,1-2H3. The van der Waals surface area contributed by atoms with Crippen LogP contribution in [-0.2, 0) is 19.1 Å². The van der Waals surface area contributed by atoms with Gasteiger partial charge in [-0.25, -0.2) is 0 Å². The minimum Gasteiger partial charge on any atom is -0.466 e. The maximum atomic E-state index is 11.6. The van der Waals surface area contributed by atoms with E-state index >= 15 is 0 Å². The van der Waals surface area contributed by atoms with E-state index in [9.17, 15) is 9.59 Å². The first-order valence-corrected chi connectivity index (χ1v) is 22.4. The second-order valence-corrected chi connectivity index (χ2v) is 14.9. The van der Waals surface area contributed by atoms with Crippen LogP contribution in [0.25, 0.3) is 0 Å². The van der Waals surface area contributed by atoms with Gasteiger partial charge in [-0.3, -0.25) is 9.59 Å². The lowest BCUT2D eigenvalue weighted by atomic mass is 10.0.